The van der Waals surface area contributed by atoms with Crippen molar-refractivity contribution in [2.45, 2.75) is 0 Å². The van der Waals surface area contributed by atoms with E-state index in [0.29, 0.717) is 0 Å². The molecule has 0 radical (unpaired) electrons. The number of benzene rings is 2. The number of hydrogen-bond acceptors (Lipinski definition) is 0. The van der Waals surface area contributed by atoms with Crippen molar-refractivity contribution in [3.8, 4) is 0 Å². The second-order valence-electron chi connectivity index (χ2n) is 4.47. The molecule has 0 fully saturated rings. The first-order valence-electron chi connectivity index (χ1n) is 5.79. The minimum atomic E-state index is 1.20. The molecule has 0 aliphatic carbocycles. The Bertz CT molecular complexity index is 849. The van der Waals surface area contributed by atoms with Gasteiger partial charge in [-0.3, -0.25) is 0 Å². The number of rotatable bonds is 0. The first-order chi connectivity index (χ1) is 8.36. The van der Waals surface area contributed by atoms with Crippen LogP contribution in [0.4, 0.5) is 0 Å². The van der Waals surface area contributed by atoms with E-state index >= 15 is 0 Å². The van der Waals surface area contributed by atoms with Crippen molar-refractivity contribution < 1.29 is 0 Å². The Labute approximate surface area is 98.5 Å². The highest BCUT2D eigenvalue weighted by Crippen LogP contribution is 2.33. The van der Waals surface area contributed by atoms with E-state index in [9.17, 15) is 0 Å². The fourth-order valence-corrected chi connectivity index (χ4v) is 2.79. The van der Waals surface area contributed by atoms with E-state index in [0.717, 1.165) is 0 Å². The Balaban J connectivity index is 2.45. The minimum Gasteiger partial charge on any atom is -0.361 e. The maximum atomic E-state index is 3.28. The zero-order valence-electron chi connectivity index (χ0n) is 9.57. The van der Waals surface area contributed by atoms with Crippen LogP contribution in [0.1, 0.15) is 0 Å². The van der Waals surface area contributed by atoms with Gasteiger partial charge < -0.3 is 9.55 Å². The van der Waals surface area contributed by atoms with E-state index in [2.05, 4.69) is 59.1 Å². The Morgan fingerprint density at radius 3 is 2.71 bits per heavy atom. The van der Waals surface area contributed by atoms with Crippen LogP contribution < -0.4 is 0 Å². The van der Waals surface area contributed by atoms with Gasteiger partial charge in [-0.05, 0) is 24.3 Å². The number of nitrogens with zero attached hydrogens (tertiary/aromatic N) is 1. The highest BCUT2D eigenvalue weighted by Gasteiger charge is 2.10. The van der Waals surface area contributed by atoms with E-state index in [1.807, 2.05) is 6.20 Å². The highest BCUT2D eigenvalue weighted by molar-refractivity contribution is 6.20. The highest BCUT2D eigenvalue weighted by atomic mass is 14.9. The summed E-state index contributed by atoms with van der Waals surface area (Å²) in [6, 6.07) is 15.1. The van der Waals surface area contributed by atoms with Crippen LogP contribution in [0.2, 0.25) is 0 Å². The van der Waals surface area contributed by atoms with Crippen molar-refractivity contribution in [2.75, 3.05) is 0 Å². The molecular weight excluding hydrogens is 208 g/mol. The quantitative estimate of drug-likeness (QED) is 0.465. The summed E-state index contributed by atoms with van der Waals surface area (Å²) >= 11 is 0. The Morgan fingerprint density at radius 1 is 0.882 bits per heavy atom. The van der Waals surface area contributed by atoms with Crippen LogP contribution in [-0.2, 0) is 7.05 Å². The number of nitrogens with one attached hydrogen (secondary N) is 1. The standard InChI is InChI=1S/C15H12N2/c1-17-13-5-3-2-4-11(13)15-10-8-9-16-12(10)6-7-14(15)17/h2-9,16H,1H3. The van der Waals surface area contributed by atoms with Gasteiger partial charge in [-0.15, -0.1) is 0 Å². The molecule has 0 amide bonds. The van der Waals surface area contributed by atoms with Gasteiger partial charge in [0.1, 0.15) is 0 Å². The molecule has 2 aromatic carbocycles. The van der Waals surface area contributed by atoms with Crippen LogP contribution in [0.3, 0.4) is 0 Å². The summed E-state index contributed by atoms with van der Waals surface area (Å²) in [6.07, 6.45) is 2.01. The summed E-state index contributed by atoms with van der Waals surface area (Å²) in [7, 11) is 2.13. The van der Waals surface area contributed by atoms with E-state index in [4.69, 9.17) is 0 Å². The van der Waals surface area contributed by atoms with Gasteiger partial charge in [-0.25, -0.2) is 0 Å². The van der Waals surface area contributed by atoms with Crippen molar-refractivity contribution in [1.29, 1.82) is 0 Å². The third kappa shape index (κ3) is 0.998. The van der Waals surface area contributed by atoms with Crippen LogP contribution in [0.25, 0.3) is 32.7 Å². The predicted octanol–water partition coefficient (Wildman–Crippen LogP) is 3.81. The van der Waals surface area contributed by atoms with E-state index in [1.165, 1.54) is 32.7 Å². The number of fused-ring (bicyclic) bond motifs is 5. The van der Waals surface area contributed by atoms with E-state index in [1.54, 1.807) is 0 Å². The summed E-state index contributed by atoms with van der Waals surface area (Å²) < 4.78 is 2.26. The fourth-order valence-electron chi connectivity index (χ4n) is 2.79. The first-order valence-corrected chi connectivity index (χ1v) is 5.79. The van der Waals surface area contributed by atoms with Gasteiger partial charge in [-0.1, -0.05) is 18.2 Å². The zero-order valence-corrected chi connectivity index (χ0v) is 9.57. The largest absolute Gasteiger partial charge is 0.361 e. The van der Waals surface area contributed by atoms with Crippen LogP contribution in [0.5, 0.6) is 0 Å². The second-order valence-corrected chi connectivity index (χ2v) is 4.47. The van der Waals surface area contributed by atoms with Crippen molar-refractivity contribution in [3.63, 3.8) is 0 Å². The number of aromatic nitrogens is 2. The van der Waals surface area contributed by atoms with Crippen molar-refractivity contribution in [1.82, 2.24) is 9.55 Å². The maximum Gasteiger partial charge on any atom is 0.0496 e. The summed E-state index contributed by atoms with van der Waals surface area (Å²) in [4.78, 5) is 3.28. The van der Waals surface area contributed by atoms with Gasteiger partial charge in [-0.2, -0.15) is 0 Å². The summed E-state index contributed by atoms with van der Waals surface area (Å²) in [5, 5.41) is 3.98. The number of aromatic amines is 1. The Kier molecular flexibility index (Phi) is 1.52. The number of aryl methyl sites for hydroxylation is 1. The number of para-hydroxylation sites is 1. The third-order valence-electron chi connectivity index (χ3n) is 3.61. The van der Waals surface area contributed by atoms with Crippen LogP contribution in [0, 0.1) is 0 Å². The van der Waals surface area contributed by atoms with Gasteiger partial charge >= 0.3 is 0 Å². The molecule has 4 rings (SSSR count). The molecule has 0 bridgehead atoms. The molecule has 1 N–H and O–H groups in total. The zero-order chi connectivity index (χ0) is 11.4. The molecule has 2 heteroatoms. The van der Waals surface area contributed by atoms with Crippen molar-refractivity contribution >= 4 is 32.7 Å². The molecule has 2 nitrogen and oxygen atoms in total. The normalized spacial score (nSPS) is 11.8. The molecule has 2 aromatic heterocycles. The predicted molar refractivity (Wildman–Crippen MR) is 72.3 cm³/mol. The fraction of sp³-hybridized carbons (Fsp3) is 0.0667. The molecule has 0 unspecified atom stereocenters. The van der Waals surface area contributed by atoms with Crippen LogP contribution >= 0.6 is 0 Å². The molecule has 82 valence electrons. The third-order valence-corrected chi connectivity index (χ3v) is 3.61. The molecule has 0 saturated heterocycles. The van der Waals surface area contributed by atoms with E-state index in [-0.39, 0.29) is 0 Å². The van der Waals surface area contributed by atoms with Gasteiger partial charge in [0, 0.05) is 46.0 Å². The van der Waals surface area contributed by atoms with Crippen molar-refractivity contribution in [3.05, 3.63) is 48.7 Å². The molecule has 4 aromatic rings. The lowest BCUT2D eigenvalue weighted by Gasteiger charge is -1.97. The molecule has 0 saturated carbocycles. The van der Waals surface area contributed by atoms with Gasteiger partial charge in [0.15, 0.2) is 0 Å². The summed E-state index contributed by atoms with van der Waals surface area (Å²) in [5.74, 6) is 0. The lowest BCUT2D eigenvalue weighted by Crippen LogP contribution is -1.85. The smallest absolute Gasteiger partial charge is 0.0496 e. The Hall–Kier alpha value is -2.22. The molecule has 2 heterocycles. The maximum absolute atomic E-state index is 3.28. The van der Waals surface area contributed by atoms with E-state index < -0.39 is 0 Å². The lowest BCUT2D eigenvalue weighted by molar-refractivity contribution is 1.01. The van der Waals surface area contributed by atoms with Crippen molar-refractivity contribution in [2.24, 2.45) is 7.05 Å². The minimum absolute atomic E-state index is 1.20. The molecular formula is C15H12N2. The average Bonchev–Trinajstić information content (AvgIpc) is 2.93. The van der Waals surface area contributed by atoms with Crippen LogP contribution in [-0.4, -0.2) is 9.55 Å². The van der Waals surface area contributed by atoms with Crippen LogP contribution in [0.15, 0.2) is 48.7 Å². The van der Waals surface area contributed by atoms with Gasteiger partial charge in [0.05, 0.1) is 0 Å². The van der Waals surface area contributed by atoms with Gasteiger partial charge in [0.2, 0.25) is 0 Å². The molecule has 0 atom stereocenters. The topological polar surface area (TPSA) is 20.7 Å². The molecule has 0 aliphatic heterocycles. The summed E-state index contributed by atoms with van der Waals surface area (Å²) in [5.41, 5.74) is 3.78. The van der Waals surface area contributed by atoms with Gasteiger partial charge in [0.25, 0.3) is 0 Å². The number of hydrogen-bond donors (Lipinski definition) is 1. The molecule has 0 aliphatic rings. The SMILES string of the molecule is Cn1c2ccccc2c2c3cc[nH]c3ccc21. The Morgan fingerprint density at radius 2 is 1.76 bits per heavy atom. The summed E-state index contributed by atoms with van der Waals surface area (Å²) in [6.45, 7) is 0. The molecule has 0 spiro atoms. The number of H-pyrrole nitrogens is 1. The first kappa shape index (κ1) is 8.88. The molecule has 17 heavy (non-hydrogen) atoms. The lowest BCUT2D eigenvalue weighted by atomic mass is 10.1. The monoisotopic (exact) mass is 220 g/mol. The average molecular weight is 220 g/mol. The second kappa shape index (κ2) is 2.92.